The first-order valence-electron chi connectivity index (χ1n) is 9.27. The highest BCUT2D eigenvalue weighted by Gasteiger charge is 2.45. The summed E-state index contributed by atoms with van der Waals surface area (Å²) >= 11 is 0. The average Bonchev–Trinajstić information content (AvgIpc) is 2.71. The van der Waals surface area contributed by atoms with Crippen LogP contribution < -0.4 is 0 Å². The number of rotatable bonds is 0. The normalized spacial score (nSPS) is 22.0. The Morgan fingerprint density at radius 2 is 1.69 bits per heavy atom. The number of fused-ring (bicyclic) bond motifs is 5. The minimum atomic E-state index is -0.0583. The van der Waals surface area contributed by atoms with Gasteiger partial charge in [0.15, 0.2) is 0 Å². The predicted molar refractivity (Wildman–Crippen MR) is 111 cm³/mol. The molecule has 0 saturated carbocycles. The van der Waals surface area contributed by atoms with Gasteiger partial charge in [0.05, 0.1) is 0 Å². The lowest BCUT2D eigenvalue weighted by molar-refractivity contribution is 0.663. The van der Waals surface area contributed by atoms with Crippen LogP contribution in [0.5, 0.6) is 0 Å². The molecule has 1 atom stereocenters. The second-order valence-electron chi connectivity index (χ2n) is 7.39. The van der Waals surface area contributed by atoms with Crippen LogP contribution in [-0.4, -0.2) is 0 Å². The van der Waals surface area contributed by atoms with Crippen molar-refractivity contribution in [2.24, 2.45) is 0 Å². The minimum Gasteiger partial charge on any atom is -0.0830 e. The molecule has 0 heteroatoms. The Balaban J connectivity index is 1.74. The molecule has 0 aromatic heterocycles. The van der Waals surface area contributed by atoms with Gasteiger partial charge in [-0.2, -0.15) is 0 Å². The molecular weight excluding hydrogens is 312 g/mol. The van der Waals surface area contributed by atoms with Gasteiger partial charge in [-0.3, -0.25) is 0 Å². The van der Waals surface area contributed by atoms with E-state index in [4.69, 9.17) is 0 Å². The van der Waals surface area contributed by atoms with Crippen molar-refractivity contribution < 1.29 is 0 Å². The lowest BCUT2D eigenvalue weighted by Crippen LogP contribution is -2.35. The fourth-order valence-electron chi connectivity index (χ4n) is 5.03. The van der Waals surface area contributed by atoms with Crippen LogP contribution in [0.4, 0.5) is 0 Å². The zero-order chi connectivity index (χ0) is 17.1. The Morgan fingerprint density at radius 3 is 2.69 bits per heavy atom. The summed E-state index contributed by atoms with van der Waals surface area (Å²) in [5.74, 6) is 0. The molecule has 0 N–H and O–H groups in total. The maximum Gasteiger partial charge on any atom is 0.0498 e. The fourth-order valence-corrected chi connectivity index (χ4v) is 5.03. The van der Waals surface area contributed by atoms with E-state index < -0.39 is 0 Å². The van der Waals surface area contributed by atoms with Gasteiger partial charge in [0.25, 0.3) is 0 Å². The van der Waals surface area contributed by atoms with E-state index in [1.165, 1.54) is 44.2 Å². The zero-order valence-corrected chi connectivity index (χ0v) is 14.4. The molecule has 3 aromatic carbocycles. The highest BCUT2D eigenvalue weighted by atomic mass is 14.5. The Labute approximate surface area is 153 Å². The first-order chi connectivity index (χ1) is 12.9. The summed E-state index contributed by atoms with van der Waals surface area (Å²) in [6, 6.07) is 22.2. The van der Waals surface area contributed by atoms with Gasteiger partial charge in [-0.25, -0.2) is 0 Å². The molecule has 3 aliphatic carbocycles. The fraction of sp³-hybridized carbons (Fsp3) is 0.0769. The summed E-state index contributed by atoms with van der Waals surface area (Å²) < 4.78 is 0. The number of benzene rings is 3. The summed E-state index contributed by atoms with van der Waals surface area (Å²) in [6.07, 6.45) is 14.9. The molecule has 0 radical (unpaired) electrons. The van der Waals surface area contributed by atoms with E-state index in [2.05, 4.69) is 97.1 Å². The van der Waals surface area contributed by atoms with Gasteiger partial charge in [-0.1, -0.05) is 91.0 Å². The number of hydrogen-bond donors (Lipinski definition) is 0. The van der Waals surface area contributed by atoms with Crippen LogP contribution in [0, 0.1) is 0 Å². The summed E-state index contributed by atoms with van der Waals surface area (Å²) in [7, 11) is 0. The lowest BCUT2D eigenvalue weighted by atomic mass is 9.57. The number of allylic oxidation sites excluding steroid dienone is 6. The Hall–Kier alpha value is -3.12. The molecule has 0 aliphatic heterocycles. The van der Waals surface area contributed by atoms with E-state index in [1.807, 2.05) is 0 Å². The SMILES string of the molecule is C1=CCC23C(=Cc4ccccc4C2=C1)C=Cc1c3ccc2ccccc12. The molecule has 0 saturated heterocycles. The third kappa shape index (κ3) is 1.64. The largest absolute Gasteiger partial charge is 0.0830 e. The van der Waals surface area contributed by atoms with Gasteiger partial charge < -0.3 is 0 Å². The second kappa shape index (κ2) is 4.95. The van der Waals surface area contributed by atoms with Crippen LogP contribution in [0.1, 0.15) is 28.7 Å². The van der Waals surface area contributed by atoms with E-state index in [0.717, 1.165) is 6.42 Å². The first-order valence-corrected chi connectivity index (χ1v) is 9.27. The van der Waals surface area contributed by atoms with Crippen molar-refractivity contribution in [3.8, 4) is 0 Å². The maximum atomic E-state index is 2.39. The van der Waals surface area contributed by atoms with Gasteiger partial charge >= 0.3 is 0 Å². The van der Waals surface area contributed by atoms with Gasteiger partial charge in [0.1, 0.15) is 0 Å². The van der Waals surface area contributed by atoms with Crippen LogP contribution in [0.2, 0.25) is 0 Å². The molecule has 6 rings (SSSR count). The highest BCUT2D eigenvalue weighted by Crippen LogP contribution is 2.56. The molecule has 3 aliphatic rings. The molecular formula is C26H18. The van der Waals surface area contributed by atoms with Crippen molar-refractivity contribution >= 4 is 28.5 Å². The van der Waals surface area contributed by atoms with Crippen molar-refractivity contribution in [3.05, 3.63) is 113 Å². The van der Waals surface area contributed by atoms with Crippen molar-refractivity contribution in [3.63, 3.8) is 0 Å². The molecule has 0 nitrogen and oxygen atoms in total. The van der Waals surface area contributed by atoms with Gasteiger partial charge in [0, 0.05) is 5.41 Å². The van der Waals surface area contributed by atoms with Gasteiger partial charge in [-0.05, 0) is 56.7 Å². The molecule has 122 valence electrons. The van der Waals surface area contributed by atoms with E-state index >= 15 is 0 Å². The Morgan fingerprint density at radius 1 is 0.808 bits per heavy atom. The Kier molecular flexibility index (Phi) is 2.69. The molecule has 1 spiro atoms. The van der Waals surface area contributed by atoms with E-state index in [0.29, 0.717) is 0 Å². The standard InChI is InChI=1S/C26H18/c1-3-9-21-18(7-1)12-15-25-23(21)14-13-20-17-19-8-2-4-10-22(19)24-11-5-6-16-26(20,24)25/h1-15,17H,16H2. The molecule has 0 heterocycles. The third-order valence-electron chi connectivity index (χ3n) is 6.20. The molecule has 1 unspecified atom stereocenters. The first kappa shape index (κ1) is 14.1. The van der Waals surface area contributed by atoms with Crippen molar-refractivity contribution in [1.82, 2.24) is 0 Å². The highest BCUT2D eigenvalue weighted by molar-refractivity contribution is 6.00. The van der Waals surface area contributed by atoms with Crippen LogP contribution in [0.25, 0.3) is 28.5 Å². The van der Waals surface area contributed by atoms with Crippen LogP contribution in [0.3, 0.4) is 0 Å². The lowest BCUT2D eigenvalue weighted by Gasteiger charge is -2.45. The minimum absolute atomic E-state index is 0.0583. The molecule has 3 aromatic rings. The van der Waals surface area contributed by atoms with E-state index in [-0.39, 0.29) is 5.41 Å². The quantitative estimate of drug-likeness (QED) is 0.439. The molecule has 0 fully saturated rings. The number of hydrogen-bond acceptors (Lipinski definition) is 0. The summed E-state index contributed by atoms with van der Waals surface area (Å²) in [4.78, 5) is 0. The smallest absolute Gasteiger partial charge is 0.0498 e. The summed E-state index contributed by atoms with van der Waals surface area (Å²) in [5.41, 5.74) is 8.31. The maximum absolute atomic E-state index is 2.39. The van der Waals surface area contributed by atoms with Crippen molar-refractivity contribution in [2.45, 2.75) is 11.8 Å². The molecule has 0 amide bonds. The molecule has 26 heavy (non-hydrogen) atoms. The Bertz CT molecular complexity index is 1200. The van der Waals surface area contributed by atoms with Gasteiger partial charge in [-0.15, -0.1) is 0 Å². The van der Waals surface area contributed by atoms with Gasteiger partial charge in [0.2, 0.25) is 0 Å². The van der Waals surface area contributed by atoms with Crippen LogP contribution in [0.15, 0.2) is 90.5 Å². The third-order valence-corrected chi connectivity index (χ3v) is 6.20. The summed E-state index contributed by atoms with van der Waals surface area (Å²) in [6.45, 7) is 0. The van der Waals surface area contributed by atoms with Crippen molar-refractivity contribution in [1.29, 1.82) is 0 Å². The van der Waals surface area contributed by atoms with E-state index in [9.17, 15) is 0 Å². The van der Waals surface area contributed by atoms with Crippen molar-refractivity contribution in [2.75, 3.05) is 0 Å². The van der Waals surface area contributed by atoms with Crippen LogP contribution in [-0.2, 0) is 5.41 Å². The topological polar surface area (TPSA) is 0 Å². The predicted octanol–water partition coefficient (Wildman–Crippen LogP) is 6.54. The second-order valence-corrected chi connectivity index (χ2v) is 7.39. The monoisotopic (exact) mass is 330 g/mol. The summed E-state index contributed by atoms with van der Waals surface area (Å²) in [5, 5.41) is 2.66. The zero-order valence-electron chi connectivity index (χ0n) is 14.4. The van der Waals surface area contributed by atoms with E-state index in [1.54, 1.807) is 0 Å². The average molecular weight is 330 g/mol. The molecule has 0 bridgehead atoms. The van der Waals surface area contributed by atoms with Crippen LogP contribution >= 0.6 is 0 Å².